The predicted molar refractivity (Wildman–Crippen MR) is 61.4 cm³/mol. The second kappa shape index (κ2) is 5.54. The summed E-state index contributed by atoms with van der Waals surface area (Å²) in [4.78, 5) is 10.9. The number of carboxylic acid groups (broad SMARTS) is 1. The normalized spacial score (nSPS) is 34.8. The molecule has 1 fully saturated rings. The Labute approximate surface area is 108 Å². The van der Waals surface area contributed by atoms with Crippen LogP contribution in [0.15, 0.2) is 30.3 Å². The smallest absolute Gasteiger partial charge is 0.335 e. The number of para-hydroxylation sites is 1. The lowest BCUT2D eigenvalue weighted by atomic mass is 9.99. The Bertz CT molecular complexity index is 435. The van der Waals surface area contributed by atoms with E-state index in [0.717, 1.165) is 0 Å². The lowest BCUT2D eigenvalue weighted by molar-refractivity contribution is -0.271. The van der Waals surface area contributed by atoms with Crippen molar-refractivity contribution in [2.45, 2.75) is 30.7 Å². The van der Waals surface area contributed by atoms with Crippen LogP contribution in [0.5, 0.6) is 5.75 Å². The molecule has 0 amide bonds. The summed E-state index contributed by atoms with van der Waals surface area (Å²) in [5, 5.41) is 37.7. The van der Waals surface area contributed by atoms with Crippen LogP contribution in [0.3, 0.4) is 0 Å². The number of aliphatic carboxylic acids is 1. The van der Waals surface area contributed by atoms with Gasteiger partial charge in [0.1, 0.15) is 24.1 Å². The van der Waals surface area contributed by atoms with Crippen molar-refractivity contribution >= 4 is 5.97 Å². The van der Waals surface area contributed by atoms with Crippen LogP contribution in [0.4, 0.5) is 0 Å². The summed E-state index contributed by atoms with van der Waals surface area (Å²) in [7, 11) is 0. The number of aliphatic hydroxyl groups is 3. The number of aliphatic hydroxyl groups excluding tert-OH is 3. The molecule has 0 saturated carbocycles. The highest BCUT2D eigenvalue weighted by atomic mass is 16.7. The van der Waals surface area contributed by atoms with Gasteiger partial charge in [0.25, 0.3) is 0 Å². The molecule has 0 unspecified atom stereocenters. The molecule has 0 aliphatic carbocycles. The molecular formula is C12H14O7. The Morgan fingerprint density at radius 1 is 1.05 bits per heavy atom. The fraction of sp³-hybridized carbons (Fsp3) is 0.417. The van der Waals surface area contributed by atoms with Crippen LogP contribution in [-0.4, -0.2) is 57.1 Å². The number of rotatable bonds is 3. The highest BCUT2D eigenvalue weighted by Crippen LogP contribution is 2.24. The van der Waals surface area contributed by atoms with E-state index in [4.69, 9.17) is 14.6 Å². The molecule has 0 aromatic heterocycles. The van der Waals surface area contributed by atoms with Crippen LogP contribution >= 0.6 is 0 Å². The first-order valence-electron chi connectivity index (χ1n) is 5.65. The van der Waals surface area contributed by atoms with E-state index in [1.54, 1.807) is 30.3 Å². The van der Waals surface area contributed by atoms with Gasteiger partial charge in [-0.3, -0.25) is 0 Å². The van der Waals surface area contributed by atoms with Gasteiger partial charge < -0.3 is 29.9 Å². The molecule has 0 spiro atoms. The van der Waals surface area contributed by atoms with Gasteiger partial charge in [-0.15, -0.1) is 0 Å². The van der Waals surface area contributed by atoms with Gasteiger partial charge in [0, 0.05) is 0 Å². The van der Waals surface area contributed by atoms with Gasteiger partial charge in [-0.25, -0.2) is 4.79 Å². The monoisotopic (exact) mass is 270 g/mol. The number of ether oxygens (including phenoxy) is 2. The fourth-order valence-electron chi connectivity index (χ4n) is 1.78. The average molecular weight is 270 g/mol. The minimum absolute atomic E-state index is 0.347. The van der Waals surface area contributed by atoms with Gasteiger partial charge in [-0.1, -0.05) is 18.2 Å². The zero-order valence-electron chi connectivity index (χ0n) is 9.79. The van der Waals surface area contributed by atoms with Crippen molar-refractivity contribution in [3.63, 3.8) is 0 Å². The van der Waals surface area contributed by atoms with Crippen LogP contribution in [0.25, 0.3) is 0 Å². The maximum absolute atomic E-state index is 10.9. The number of carboxylic acids is 1. The minimum Gasteiger partial charge on any atom is -0.479 e. The summed E-state index contributed by atoms with van der Waals surface area (Å²) < 4.78 is 10.2. The van der Waals surface area contributed by atoms with Crippen molar-refractivity contribution in [1.82, 2.24) is 0 Å². The van der Waals surface area contributed by atoms with Gasteiger partial charge in [0.2, 0.25) is 6.29 Å². The summed E-state index contributed by atoms with van der Waals surface area (Å²) in [5.41, 5.74) is 0. The SMILES string of the molecule is O=C(O)[C@@H]1O[C@@H](Oc2ccccc2)[C@H](O)[C@@H](O)[C@@H]1O. The largest absolute Gasteiger partial charge is 0.479 e. The van der Waals surface area contributed by atoms with Crippen molar-refractivity contribution in [1.29, 1.82) is 0 Å². The van der Waals surface area contributed by atoms with Crippen LogP contribution in [0, 0.1) is 0 Å². The quantitative estimate of drug-likeness (QED) is 0.554. The molecule has 7 heteroatoms. The predicted octanol–water partition coefficient (Wildman–Crippen LogP) is -1.04. The number of carbonyl (C=O) groups is 1. The maximum atomic E-state index is 10.9. The van der Waals surface area contributed by atoms with E-state index in [1.165, 1.54) is 0 Å². The molecule has 0 radical (unpaired) electrons. The standard InChI is InChI=1S/C12H14O7/c13-7-8(14)10(11(16)17)19-12(9(7)15)18-6-4-2-1-3-5-6/h1-5,7-10,12-15H,(H,16,17)/t7-,8-,9+,10+,12+/m0/s1. The second-order valence-electron chi connectivity index (χ2n) is 4.17. The van der Waals surface area contributed by atoms with Crippen molar-refractivity contribution < 1.29 is 34.7 Å². The molecule has 19 heavy (non-hydrogen) atoms. The van der Waals surface area contributed by atoms with Gasteiger partial charge in [0.15, 0.2) is 6.10 Å². The van der Waals surface area contributed by atoms with Crippen molar-refractivity contribution in [3.8, 4) is 5.75 Å². The lowest BCUT2D eigenvalue weighted by Crippen LogP contribution is -2.61. The number of benzene rings is 1. The van der Waals surface area contributed by atoms with Gasteiger partial charge in [-0.05, 0) is 12.1 Å². The summed E-state index contributed by atoms with van der Waals surface area (Å²) >= 11 is 0. The Morgan fingerprint density at radius 3 is 2.26 bits per heavy atom. The lowest BCUT2D eigenvalue weighted by Gasteiger charge is -2.38. The molecule has 1 aromatic rings. The van der Waals surface area contributed by atoms with E-state index >= 15 is 0 Å². The molecule has 0 bridgehead atoms. The third kappa shape index (κ3) is 2.85. The third-order valence-corrected chi connectivity index (χ3v) is 2.81. The summed E-state index contributed by atoms with van der Waals surface area (Å²) in [6.45, 7) is 0. The van der Waals surface area contributed by atoms with E-state index in [0.29, 0.717) is 5.75 Å². The number of hydrogen-bond acceptors (Lipinski definition) is 6. The molecule has 2 rings (SSSR count). The Morgan fingerprint density at radius 2 is 1.68 bits per heavy atom. The zero-order chi connectivity index (χ0) is 14.0. The topological polar surface area (TPSA) is 116 Å². The third-order valence-electron chi connectivity index (χ3n) is 2.81. The Balaban J connectivity index is 2.13. The van der Waals surface area contributed by atoms with Crippen LogP contribution in [0.1, 0.15) is 0 Å². The van der Waals surface area contributed by atoms with E-state index in [1.807, 2.05) is 0 Å². The van der Waals surface area contributed by atoms with E-state index < -0.39 is 36.7 Å². The Hall–Kier alpha value is -1.67. The van der Waals surface area contributed by atoms with Crippen LogP contribution < -0.4 is 4.74 Å². The van der Waals surface area contributed by atoms with Gasteiger partial charge in [-0.2, -0.15) is 0 Å². The number of hydrogen-bond donors (Lipinski definition) is 4. The summed E-state index contributed by atoms with van der Waals surface area (Å²) in [6.07, 6.45) is -7.97. The average Bonchev–Trinajstić information content (AvgIpc) is 2.40. The first-order valence-corrected chi connectivity index (χ1v) is 5.65. The molecule has 1 saturated heterocycles. The molecule has 5 atom stereocenters. The molecule has 1 aromatic carbocycles. The van der Waals surface area contributed by atoms with Crippen molar-refractivity contribution in [2.24, 2.45) is 0 Å². The molecule has 1 aliphatic heterocycles. The molecule has 7 nitrogen and oxygen atoms in total. The van der Waals surface area contributed by atoms with Gasteiger partial charge in [0.05, 0.1) is 0 Å². The fourth-order valence-corrected chi connectivity index (χ4v) is 1.78. The first kappa shape index (κ1) is 13.8. The maximum Gasteiger partial charge on any atom is 0.335 e. The molecule has 4 N–H and O–H groups in total. The molecule has 104 valence electrons. The van der Waals surface area contributed by atoms with E-state index in [2.05, 4.69) is 0 Å². The van der Waals surface area contributed by atoms with Crippen molar-refractivity contribution in [2.75, 3.05) is 0 Å². The van der Waals surface area contributed by atoms with E-state index in [-0.39, 0.29) is 0 Å². The van der Waals surface area contributed by atoms with Crippen LogP contribution in [-0.2, 0) is 9.53 Å². The minimum atomic E-state index is -1.72. The summed E-state index contributed by atoms with van der Waals surface area (Å²) in [6, 6.07) is 8.30. The van der Waals surface area contributed by atoms with Gasteiger partial charge >= 0.3 is 5.97 Å². The summed E-state index contributed by atoms with van der Waals surface area (Å²) in [5.74, 6) is -1.10. The second-order valence-corrected chi connectivity index (χ2v) is 4.17. The zero-order valence-corrected chi connectivity index (χ0v) is 9.79. The molecule has 1 aliphatic rings. The van der Waals surface area contributed by atoms with E-state index in [9.17, 15) is 20.1 Å². The van der Waals surface area contributed by atoms with Crippen LogP contribution in [0.2, 0.25) is 0 Å². The highest BCUT2D eigenvalue weighted by molar-refractivity contribution is 5.73. The van der Waals surface area contributed by atoms with Crippen molar-refractivity contribution in [3.05, 3.63) is 30.3 Å². The molecule has 1 heterocycles. The molecular weight excluding hydrogens is 256 g/mol. The highest BCUT2D eigenvalue weighted by Gasteiger charge is 2.48. The Kier molecular flexibility index (Phi) is 4.01. The first-order chi connectivity index (χ1) is 9.00.